The van der Waals surface area contributed by atoms with Crippen LogP contribution in [0.1, 0.15) is 74.6 Å². The first kappa shape index (κ1) is 38.2. The van der Waals surface area contributed by atoms with E-state index in [0.29, 0.717) is 67.8 Å². The van der Waals surface area contributed by atoms with Crippen LogP contribution >= 0.6 is 0 Å². The smallest absolute Gasteiger partial charge is 0.329 e. The van der Waals surface area contributed by atoms with Gasteiger partial charge < -0.3 is 5.32 Å². The van der Waals surface area contributed by atoms with Gasteiger partial charge in [-0.25, -0.2) is 22.9 Å². The predicted molar refractivity (Wildman–Crippen MR) is 216 cm³/mol. The third kappa shape index (κ3) is 7.72. The van der Waals surface area contributed by atoms with E-state index >= 15 is 0 Å². The number of carbonyl (C=O) groups is 2. The number of anilines is 2. The van der Waals surface area contributed by atoms with E-state index in [1.807, 2.05) is 43.8 Å². The van der Waals surface area contributed by atoms with E-state index < -0.39 is 16.1 Å². The molecule has 0 spiro atoms. The molecule has 0 atom stereocenters. The Kier molecular flexibility index (Phi) is 10.5. The summed E-state index contributed by atoms with van der Waals surface area (Å²) in [6, 6.07) is 13.0. The Bertz CT molecular complexity index is 2520. The number of urea groups is 1. The summed E-state index contributed by atoms with van der Waals surface area (Å²) in [6.07, 6.45) is 10.8. The highest BCUT2D eigenvalue weighted by molar-refractivity contribution is 7.89. The number of imide groups is 1. The van der Waals surface area contributed by atoms with E-state index in [1.54, 1.807) is 29.2 Å². The van der Waals surface area contributed by atoms with Crippen molar-refractivity contribution in [1.29, 1.82) is 5.26 Å². The zero-order valence-electron chi connectivity index (χ0n) is 32.3. The number of likely N-dealkylation sites (tertiary alicyclic amines) is 1. The molecule has 0 unspecified atom stereocenters. The van der Waals surface area contributed by atoms with Crippen molar-refractivity contribution in [3.8, 4) is 6.07 Å². The van der Waals surface area contributed by atoms with Gasteiger partial charge in [0.05, 0.1) is 33.6 Å². The van der Waals surface area contributed by atoms with Crippen LogP contribution in [0.15, 0.2) is 59.8 Å². The molecule has 3 aromatic heterocycles. The number of nitrogens with zero attached hydrogens (tertiary/aromatic N) is 10. The molecule has 0 bridgehead atoms. The first-order valence-corrected chi connectivity index (χ1v) is 20.9. The molecule has 2 aromatic carbocycles. The Hall–Kier alpha value is -5.70. The summed E-state index contributed by atoms with van der Waals surface area (Å²) >= 11 is 0. The number of aromatic nitrogens is 6. The lowest BCUT2D eigenvalue weighted by Crippen LogP contribution is -2.49. The first-order chi connectivity index (χ1) is 27.5. The Morgan fingerprint density at radius 3 is 2.54 bits per heavy atom. The third-order valence-corrected chi connectivity index (χ3v) is 13.2. The topological polar surface area (TPSA) is 187 Å². The Morgan fingerprint density at radius 1 is 1.02 bits per heavy atom. The van der Waals surface area contributed by atoms with Crippen molar-refractivity contribution in [2.75, 3.05) is 49.5 Å². The first-order valence-electron chi connectivity index (χ1n) is 19.5. The van der Waals surface area contributed by atoms with Gasteiger partial charge in [0, 0.05) is 63.3 Å². The molecule has 3 aliphatic rings. The monoisotopic (exact) mass is 790 g/mol. The molecule has 57 heavy (non-hydrogen) atoms. The number of sulfonamides is 1. The summed E-state index contributed by atoms with van der Waals surface area (Å²) in [7, 11) is -1.91. The molecule has 2 N–H and O–H groups in total. The zero-order valence-corrected chi connectivity index (χ0v) is 33.1. The van der Waals surface area contributed by atoms with Crippen LogP contribution in [0.5, 0.6) is 0 Å². The van der Waals surface area contributed by atoms with Crippen molar-refractivity contribution in [3.05, 3.63) is 71.6 Å². The van der Waals surface area contributed by atoms with E-state index in [9.17, 15) is 23.3 Å². The average Bonchev–Trinajstić information content (AvgIpc) is 3.78. The van der Waals surface area contributed by atoms with Crippen LogP contribution in [0.4, 0.5) is 16.6 Å². The molecule has 3 aliphatic heterocycles. The number of amides is 3. The molecule has 0 saturated carbocycles. The van der Waals surface area contributed by atoms with Gasteiger partial charge in [0.15, 0.2) is 11.5 Å². The van der Waals surface area contributed by atoms with Crippen LogP contribution in [-0.2, 0) is 21.9 Å². The fourth-order valence-electron chi connectivity index (χ4n) is 8.05. The van der Waals surface area contributed by atoms with Crippen molar-refractivity contribution in [1.82, 2.24) is 44.1 Å². The maximum absolute atomic E-state index is 13.8. The third-order valence-electron chi connectivity index (χ3n) is 11.3. The lowest BCUT2D eigenvalue weighted by atomic mass is 9.89. The van der Waals surface area contributed by atoms with Gasteiger partial charge in [0.1, 0.15) is 0 Å². The van der Waals surface area contributed by atoms with Crippen LogP contribution in [-0.4, -0.2) is 104 Å². The maximum Gasteiger partial charge on any atom is 0.329 e. The normalized spacial score (nSPS) is 18.3. The summed E-state index contributed by atoms with van der Waals surface area (Å²) in [6.45, 7) is 7.55. The minimum absolute atomic E-state index is 0.0250. The number of carbonyl (C=O) groups excluding carboxylic acids is 2. The van der Waals surface area contributed by atoms with Crippen molar-refractivity contribution in [2.45, 2.75) is 68.8 Å². The molecule has 17 heteroatoms. The van der Waals surface area contributed by atoms with E-state index in [0.717, 1.165) is 47.9 Å². The number of piperidine rings is 2. The van der Waals surface area contributed by atoms with Crippen molar-refractivity contribution >= 4 is 61.7 Å². The highest BCUT2D eigenvalue weighted by Gasteiger charge is 2.31. The highest BCUT2D eigenvalue weighted by atomic mass is 32.2. The standard InChI is InChI=1S/C40H46N12O4S/c1-26(2)52-37-31(25-43-52)24-42-39(46-37)44-32-12-18-50(19-13-32)57(55,56)33-8-6-30(23-41)28(21-33)5-4-15-49-16-10-27(11-17-49)29-7-9-34-35(22-29)48(3)47-38(34)51-20-14-36(53)45-40(51)54/h4-9,21-22,24-27,32H,10-20H2,1-3H3,(H,42,44,46)(H,45,53,54)/b5-4+. The van der Waals surface area contributed by atoms with Gasteiger partial charge >= 0.3 is 6.03 Å². The van der Waals surface area contributed by atoms with Crippen molar-refractivity contribution in [2.24, 2.45) is 7.05 Å². The van der Waals surface area contributed by atoms with Crippen LogP contribution < -0.4 is 15.5 Å². The number of nitriles is 1. The molecule has 8 rings (SSSR count). The van der Waals surface area contributed by atoms with Gasteiger partial charge in [-0.3, -0.25) is 24.6 Å². The molecule has 296 valence electrons. The van der Waals surface area contributed by atoms with Gasteiger partial charge in [-0.1, -0.05) is 18.2 Å². The van der Waals surface area contributed by atoms with Gasteiger partial charge in [-0.05, 0) is 100.0 Å². The molecule has 3 amide bonds. The summed E-state index contributed by atoms with van der Waals surface area (Å²) < 4.78 is 32.8. The second-order valence-corrected chi connectivity index (χ2v) is 17.2. The number of hydrogen-bond donors (Lipinski definition) is 2. The van der Waals surface area contributed by atoms with E-state index in [4.69, 9.17) is 0 Å². The molecular weight excluding hydrogens is 745 g/mol. The second-order valence-electron chi connectivity index (χ2n) is 15.3. The van der Waals surface area contributed by atoms with Crippen molar-refractivity contribution < 1.29 is 18.0 Å². The van der Waals surface area contributed by atoms with Gasteiger partial charge in [-0.2, -0.15) is 24.7 Å². The minimum atomic E-state index is -3.77. The maximum atomic E-state index is 13.8. The van der Waals surface area contributed by atoms with Gasteiger partial charge in [0.2, 0.25) is 21.9 Å². The van der Waals surface area contributed by atoms with E-state index in [2.05, 4.69) is 53.9 Å². The van der Waals surface area contributed by atoms with Crippen LogP contribution in [0, 0.1) is 11.3 Å². The van der Waals surface area contributed by atoms with E-state index in [-0.39, 0.29) is 29.3 Å². The highest BCUT2D eigenvalue weighted by Crippen LogP contribution is 2.34. The summed E-state index contributed by atoms with van der Waals surface area (Å²) in [5.74, 6) is 1.15. The van der Waals surface area contributed by atoms with Gasteiger partial charge in [-0.15, -0.1) is 0 Å². The molecule has 5 aromatic rings. The van der Waals surface area contributed by atoms with Crippen LogP contribution in [0.3, 0.4) is 0 Å². The molecule has 3 saturated heterocycles. The average molecular weight is 791 g/mol. The summed E-state index contributed by atoms with van der Waals surface area (Å²) in [4.78, 5) is 37.3. The van der Waals surface area contributed by atoms with E-state index in [1.165, 1.54) is 20.8 Å². The molecular formula is C40H46N12O4S. The fraction of sp³-hybridized carbons (Fsp3) is 0.425. The largest absolute Gasteiger partial charge is 0.351 e. The second kappa shape index (κ2) is 15.7. The Labute approximate surface area is 331 Å². The Morgan fingerprint density at radius 2 is 1.81 bits per heavy atom. The minimum Gasteiger partial charge on any atom is -0.351 e. The number of fused-ring (bicyclic) bond motifs is 2. The fourth-order valence-corrected chi connectivity index (χ4v) is 9.55. The summed E-state index contributed by atoms with van der Waals surface area (Å²) in [5, 5.41) is 26.4. The quantitative estimate of drug-likeness (QED) is 0.199. The molecule has 16 nitrogen and oxygen atoms in total. The molecule has 6 heterocycles. The predicted octanol–water partition coefficient (Wildman–Crippen LogP) is 4.77. The van der Waals surface area contributed by atoms with Gasteiger partial charge in [0.25, 0.3) is 0 Å². The lowest BCUT2D eigenvalue weighted by molar-refractivity contribution is -0.120. The Balaban J connectivity index is 0.861. The van der Waals surface area contributed by atoms with Crippen molar-refractivity contribution in [3.63, 3.8) is 0 Å². The van der Waals surface area contributed by atoms with Crippen LogP contribution in [0.25, 0.3) is 28.0 Å². The molecule has 3 fully saturated rings. The number of hydrogen-bond acceptors (Lipinski definition) is 11. The SMILES string of the molecule is CC(C)n1ncc2cnc(NC3CCN(S(=O)(=O)c4ccc(C#N)c(/C=C/CN5CCC(c6ccc7c(N8CCC(=O)NC8=O)nn(C)c7c6)CC5)c4)CC3)nc21. The van der Waals surface area contributed by atoms with Crippen LogP contribution in [0.2, 0.25) is 0 Å². The zero-order chi connectivity index (χ0) is 39.8. The number of nitrogens with one attached hydrogen (secondary N) is 2. The molecule has 0 radical (unpaired) electrons. The number of aryl methyl sites for hydroxylation is 1. The number of rotatable bonds is 10. The lowest BCUT2D eigenvalue weighted by Gasteiger charge is -2.31. The number of benzene rings is 2. The molecule has 0 aliphatic carbocycles. The summed E-state index contributed by atoms with van der Waals surface area (Å²) in [5.41, 5.74) is 3.93.